The van der Waals surface area contributed by atoms with Gasteiger partial charge in [-0.25, -0.2) is 4.79 Å². The van der Waals surface area contributed by atoms with Crippen LogP contribution in [0.4, 0.5) is 4.79 Å². The highest BCUT2D eigenvalue weighted by Crippen LogP contribution is 2.29. The number of hydrogen-bond donors (Lipinski definition) is 2. The summed E-state index contributed by atoms with van der Waals surface area (Å²) in [6.07, 6.45) is 5.94. The summed E-state index contributed by atoms with van der Waals surface area (Å²) in [5.74, 6) is 0. The number of hydrogen-bond acceptors (Lipinski definition) is 3. The molecular weight excluding hydrogens is 314 g/mol. The predicted molar refractivity (Wildman–Crippen MR) is 97.9 cm³/mol. The Morgan fingerprint density at radius 1 is 1.24 bits per heavy atom. The average Bonchev–Trinajstić information content (AvgIpc) is 3.19. The molecule has 134 valence electrons. The Hall–Kier alpha value is -2.34. The van der Waals surface area contributed by atoms with Crippen molar-refractivity contribution in [2.75, 3.05) is 13.1 Å². The average molecular weight is 341 g/mol. The molecule has 1 saturated heterocycles. The summed E-state index contributed by atoms with van der Waals surface area (Å²) >= 11 is 0. The number of benzene rings is 1. The molecule has 1 aromatic carbocycles. The van der Waals surface area contributed by atoms with E-state index in [1.54, 1.807) is 10.9 Å². The van der Waals surface area contributed by atoms with E-state index < -0.39 is 0 Å². The molecule has 1 aliphatic rings. The summed E-state index contributed by atoms with van der Waals surface area (Å²) < 4.78 is 1.73. The minimum absolute atomic E-state index is 0.00147. The van der Waals surface area contributed by atoms with E-state index in [1.165, 1.54) is 12.0 Å². The number of nitrogens with zero attached hydrogens (tertiary/aromatic N) is 3. The van der Waals surface area contributed by atoms with Gasteiger partial charge < -0.3 is 10.6 Å². The Morgan fingerprint density at radius 2 is 2.04 bits per heavy atom. The van der Waals surface area contributed by atoms with Crippen molar-refractivity contribution < 1.29 is 4.79 Å². The lowest BCUT2D eigenvalue weighted by Gasteiger charge is -2.35. The van der Waals surface area contributed by atoms with E-state index in [9.17, 15) is 4.79 Å². The Labute approximate surface area is 149 Å². The number of nitrogens with one attached hydrogen (secondary N) is 2. The second kappa shape index (κ2) is 7.70. The first-order valence-electron chi connectivity index (χ1n) is 8.83. The monoisotopic (exact) mass is 341 g/mol. The lowest BCUT2D eigenvalue weighted by Crippen LogP contribution is -2.51. The van der Waals surface area contributed by atoms with Crippen molar-refractivity contribution >= 4 is 6.03 Å². The second-order valence-electron chi connectivity index (χ2n) is 7.07. The van der Waals surface area contributed by atoms with Crippen LogP contribution in [-0.4, -0.2) is 39.3 Å². The molecule has 0 aliphatic carbocycles. The topological polar surface area (TPSA) is 62.2 Å². The van der Waals surface area contributed by atoms with Gasteiger partial charge >= 0.3 is 6.03 Å². The van der Waals surface area contributed by atoms with Crippen molar-refractivity contribution in [3.05, 3.63) is 53.9 Å². The zero-order valence-electron chi connectivity index (χ0n) is 15.0. The molecule has 1 atom stereocenters. The highest BCUT2D eigenvalue weighted by molar-refractivity contribution is 5.73. The Bertz CT molecular complexity index is 699. The summed E-state index contributed by atoms with van der Waals surface area (Å²) in [5.41, 5.74) is 2.31. The van der Waals surface area contributed by atoms with Crippen molar-refractivity contribution in [3.63, 3.8) is 0 Å². The predicted octanol–water partition coefficient (Wildman–Crippen LogP) is 2.27. The molecule has 1 unspecified atom stereocenters. The molecule has 0 spiro atoms. The molecule has 25 heavy (non-hydrogen) atoms. The lowest BCUT2D eigenvalue weighted by atomic mass is 9.98. The normalized spacial score (nSPS) is 20.6. The molecule has 1 aromatic heterocycles. The molecule has 2 aromatic rings. The van der Waals surface area contributed by atoms with Gasteiger partial charge in [-0.1, -0.05) is 30.3 Å². The number of likely N-dealkylation sites (tertiary alicyclic amines) is 1. The molecule has 3 rings (SSSR count). The molecule has 0 radical (unpaired) electrons. The van der Waals surface area contributed by atoms with Gasteiger partial charge in [-0.2, -0.15) is 5.10 Å². The summed E-state index contributed by atoms with van der Waals surface area (Å²) in [7, 11) is 1.87. The molecule has 1 fully saturated rings. The third-order valence-corrected chi connectivity index (χ3v) is 4.96. The zero-order valence-corrected chi connectivity index (χ0v) is 15.0. The van der Waals surface area contributed by atoms with Crippen molar-refractivity contribution in [2.24, 2.45) is 7.05 Å². The van der Waals surface area contributed by atoms with Crippen LogP contribution in [-0.2, 0) is 20.1 Å². The minimum atomic E-state index is -0.128. The van der Waals surface area contributed by atoms with E-state index in [0.717, 1.165) is 25.1 Å². The van der Waals surface area contributed by atoms with E-state index in [2.05, 4.69) is 51.8 Å². The number of aryl methyl sites for hydroxylation is 1. The minimum Gasteiger partial charge on any atom is -0.336 e. The first-order chi connectivity index (χ1) is 12.0. The fourth-order valence-electron chi connectivity index (χ4n) is 3.43. The van der Waals surface area contributed by atoms with Crippen LogP contribution in [0.2, 0.25) is 0 Å². The highest BCUT2D eigenvalue weighted by Gasteiger charge is 2.36. The molecule has 2 heterocycles. The smallest absolute Gasteiger partial charge is 0.315 e. The van der Waals surface area contributed by atoms with Crippen molar-refractivity contribution in [1.29, 1.82) is 0 Å². The zero-order chi connectivity index (χ0) is 17.7. The van der Waals surface area contributed by atoms with Gasteiger partial charge in [0.25, 0.3) is 0 Å². The van der Waals surface area contributed by atoms with Gasteiger partial charge in [0.1, 0.15) is 0 Å². The molecular formula is C19H27N5O. The fraction of sp³-hybridized carbons (Fsp3) is 0.474. The van der Waals surface area contributed by atoms with Gasteiger partial charge in [0, 0.05) is 44.0 Å². The molecule has 6 heteroatoms. The van der Waals surface area contributed by atoms with Crippen LogP contribution in [0.5, 0.6) is 0 Å². The summed E-state index contributed by atoms with van der Waals surface area (Å²) in [6.45, 7) is 5.38. The van der Waals surface area contributed by atoms with E-state index >= 15 is 0 Å². The quantitative estimate of drug-likeness (QED) is 0.847. The Balaban J connectivity index is 1.49. The van der Waals surface area contributed by atoms with Crippen molar-refractivity contribution in [3.8, 4) is 0 Å². The number of aromatic nitrogens is 2. The highest BCUT2D eigenvalue weighted by atomic mass is 16.2. The third-order valence-electron chi connectivity index (χ3n) is 4.96. The first-order valence-corrected chi connectivity index (χ1v) is 8.83. The summed E-state index contributed by atoms with van der Waals surface area (Å²) in [5, 5.41) is 10.0. The van der Waals surface area contributed by atoms with Crippen LogP contribution < -0.4 is 10.6 Å². The maximum Gasteiger partial charge on any atom is 0.315 e. The van der Waals surface area contributed by atoms with Crippen LogP contribution in [0.1, 0.15) is 30.9 Å². The second-order valence-corrected chi connectivity index (χ2v) is 7.07. The molecule has 1 aliphatic heterocycles. The number of rotatable bonds is 6. The third kappa shape index (κ3) is 4.60. The molecule has 6 nitrogen and oxygen atoms in total. The van der Waals surface area contributed by atoms with Gasteiger partial charge in [0.2, 0.25) is 0 Å². The Morgan fingerprint density at radius 3 is 2.76 bits per heavy atom. The number of carbonyl (C=O) groups excluding carboxylic acids is 1. The fourth-order valence-corrected chi connectivity index (χ4v) is 3.43. The lowest BCUT2D eigenvalue weighted by molar-refractivity contribution is 0.145. The largest absolute Gasteiger partial charge is 0.336 e. The molecule has 2 amide bonds. The van der Waals surface area contributed by atoms with E-state index in [4.69, 9.17) is 0 Å². The first kappa shape index (κ1) is 17.5. The summed E-state index contributed by atoms with van der Waals surface area (Å²) in [4.78, 5) is 14.6. The van der Waals surface area contributed by atoms with E-state index in [-0.39, 0.29) is 11.6 Å². The van der Waals surface area contributed by atoms with Gasteiger partial charge in [-0.15, -0.1) is 0 Å². The van der Waals surface area contributed by atoms with Crippen molar-refractivity contribution in [1.82, 2.24) is 25.3 Å². The van der Waals surface area contributed by atoms with Gasteiger partial charge in [0.15, 0.2) is 0 Å². The summed E-state index contributed by atoms with van der Waals surface area (Å²) in [6, 6.07) is 10.4. The van der Waals surface area contributed by atoms with Gasteiger partial charge in [0.05, 0.1) is 6.20 Å². The van der Waals surface area contributed by atoms with E-state index in [0.29, 0.717) is 13.1 Å². The SMILES string of the molecule is Cn1cc(CNC(=O)NCC2(C)CCCN2Cc2ccccc2)cn1. The molecule has 0 bridgehead atoms. The molecule has 2 N–H and O–H groups in total. The maximum absolute atomic E-state index is 12.1. The Kier molecular flexibility index (Phi) is 5.38. The van der Waals surface area contributed by atoms with Crippen LogP contribution >= 0.6 is 0 Å². The van der Waals surface area contributed by atoms with Crippen molar-refractivity contribution in [2.45, 2.75) is 38.4 Å². The number of amides is 2. The molecule has 0 saturated carbocycles. The van der Waals surface area contributed by atoms with E-state index in [1.807, 2.05) is 19.3 Å². The van der Waals surface area contributed by atoms with Gasteiger partial charge in [-0.3, -0.25) is 9.58 Å². The maximum atomic E-state index is 12.1. The van der Waals surface area contributed by atoms with Crippen LogP contribution in [0.15, 0.2) is 42.7 Å². The standard InChI is InChI=1S/C19H27N5O/c1-19(9-6-10-24(19)14-16-7-4-3-5-8-16)15-21-18(25)20-11-17-12-22-23(2)13-17/h3-5,7-8,12-13H,6,9-11,14-15H2,1-2H3,(H2,20,21,25). The number of urea groups is 1. The van der Waals surface area contributed by atoms with Crippen LogP contribution in [0, 0.1) is 0 Å². The van der Waals surface area contributed by atoms with Crippen LogP contribution in [0.25, 0.3) is 0 Å². The van der Waals surface area contributed by atoms with Gasteiger partial charge in [-0.05, 0) is 31.9 Å². The number of carbonyl (C=O) groups is 1. The van der Waals surface area contributed by atoms with Crippen LogP contribution in [0.3, 0.4) is 0 Å².